The third-order valence-electron chi connectivity index (χ3n) is 3.63. The second-order valence-electron chi connectivity index (χ2n) is 5.14. The van der Waals surface area contributed by atoms with E-state index in [2.05, 4.69) is 5.32 Å². The molecule has 1 amide bonds. The van der Waals surface area contributed by atoms with E-state index >= 15 is 0 Å². The van der Waals surface area contributed by atoms with E-state index in [1.54, 1.807) is 6.92 Å². The highest BCUT2D eigenvalue weighted by Crippen LogP contribution is 2.21. The topological polar surface area (TPSA) is 64.4 Å². The van der Waals surface area contributed by atoms with E-state index in [1.165, 1.54) is 6.07 Å². The molecule has 4 nitrogen and oxygen atoms in total. The molecule has 1 aromatic rings. The lowest BCUT2D eigenvalue weighted by molar-refractivity contribution is -0.130. The van der Waals surface area contributed by atoms with E-state index in [4.69, 9.17) is 10.5 Å². The summed E-state index contributed by atoms with van der Waals surface area (Å²) in [5.41, 5.74) is 5.60. The molecule has 1 aliphatic rings. The van der Waals surface area contributed by atoms with E-state index in [0.717, 1.165) is 12.1 Å². The Morgan fingerprint density at radius 3 is 2.60 bits per heavy atom. The summed E-state index contributed by atoms with van der Waals surface area (Å²) < 4.78 is 31.2. The third-order valence-corrected chi connectivity index (χ3v) is 3.63. The van der Waals surface area contributed by atoms with Gasteiger partial charge >= 0.3 is 0 Å². The Labute approximate surface area is 116 Å². The van der Waals surface area contributed by atoms with Crippen molar-refractivity contribution in [3.8, 4) is 0 Å². The summed E-state index contributed by atoms with van der Waals surface area (Å²) in [7, 11) is 0. The summed E-state index contributed by atoms with van der Waals surface area (Å²) in [6.07, 6.45) is 0.896. The van der Waals surface area contributed by atoms with Gasteiger partial charge in [-0.2, -0.15) is 0 Å². The minimum Gasteiger partial charge on any atom is -0.381 e. The number of rotatable bonds is 3. The van der Waals surface area contributed by atoms with Gasteiger partial charge in [-0.1, -0.05) is 6.07 Å². The van der Waals surface area contributed by atoms with Gasteiger partial charge in [-0.3, -0.25) is 4.79 Å². The number of hydrogen-bond acceptors (Lipinski definition) is 3. The Morgan fingerprint density at radius 1 is 1.35 bits per heavy atom. The predicted molar refractivity (Wildman–Crippen MR) is 69.9 cm³/mol. The fourth-order valence-corrected chi connectivity index (χ4v) is 2.17. The number of amides is 1. The SMILES string of the molecule is CC(NC(=O)C1(N)CCOCC1)c1ccc(F)c(F)c1. The molecule has 1 heterocycles. The minimum absolute atomic E-state index is 0.293. The van der Waals surface area contributed by atoms with Gasteiger partial charge in [-0.25, -0.2) is 8.78 Å². The molecule has 1 saturated heterocycles. The highest BCUT2D eigenvalue weighted by molar-refractivity contribution is 5.86. The van der Waals surface area contributed by atoms with Crippen LogP contribution in [0.15, 0.2) is 18.2 Å². The first-order chi connectivity index (χ1) is 9.42. The molecule has 1 unspecified atom stereocenters. The fourth-order valence-electron chi connectivity index (χ4n) is 2.17. The summed E-state index contributed by atoms with van der Waals surface area (Å²) in [5.74, 6) is -2.14. The molecule has 0 saturated carbocycles. The molecule has 1 aromatic carbocycles. The van der Waals surface area contributed by atoms with Gasteiger partial charge in [0.05, 0.1) is 11.6 Å². The number of nitrogens with one attached hydrogen (secondary N) is 1. The van der Waals surface area contributed by atoms with Gasteiger partial charge in [0.2, 0.25) is 5.91 Å². The van der Waals surface area contributed by atoms with Gasteiger partial charge in [0.15, 0.2) is 11.6 Å². The molecule has 20 heavy (non-hydrogen) atoms. The molecule has 1 atom stereocenters. The Morgan fingerprint density at radius 2 is 2.00 bits per heavy atom. The van der Waals surface area contributed by atoms with E-state index in [1.807, 2.05) is 0 Å². The predicted octanol–water partition coefficient (Wildman–Crippen LogP) is 1.65. The fraction of sp³-hybridized carbons (Fsp3) is 0.500. The lowest BCUT2D eigenvalue weighted by Gasteiger charge is -2.33. The van der Waals surface area contributed by atoms with Crippen molar-refractivity contribution in [2.45, 2.75) is 31.3 Å². The number of benzene rings is 1. The Hall–Kier alpha value is -1.53. The number of halogens is 2. The maximum Gasteiger partial charge on any atom is 0.240 e. The van der Waals surface area contributed by atoms with Crippen LogP contribution in [0.5, 0.6) is 0 Å². The number of ether oxygens (including phenoxy) is 1. The summed E-state index contributed by atoms with van der Waals surface area (Å²) in [6, 6.07) is 3.12. The number of carbonyl (C=O) groups is 1. The Balaban J connectivity index is 2.04. The van der Waals surface area contributed by atoms with Gasteiger partial charge < -0.3 is 15.8 Å². The van der Waals surface area contributed by atoms with E-state index < -0.39 is 23.2 Å². The summed E-state index contributed by atoms with van der Waals surface area (Å²) in [4.78, 5) is 12.2. The molecule has 0 aromatic heterocycles. The van der Waals surface area contributed by atoms with Crippen LogP contribution in [0.3, 0.4) is 0 Å². The van der Waals surface area contributed by atoms with Crippen molar-refractivity contribution in [3.05, 3.63) is 35.4 Å². The van der Waals surface area contributed by atoms with Gasteiger partial charge in [0, 0.05) is 13.2 Å². The normalized spacial score (nSPS) is 19.4. The van der Waals surface area contributed by atoms with Crippen molar-refractivity contribution in [3.63, 3.8) is 0 Å². The zero-order valence-corrected chi connectivity index (χ0v) is 11.3. The molecule has 6 heteroatoms. The third kappa shape index (κ3) is 3.13. The molecule has 0 bridgehead atoms. The quantitative estimate of drug-likeness (QED) is 0.887. The Kier molecular flexibility index (Phi) is 4.35. The average Bonchev–Trinajstić information content (AvgIpc) is 2.42. The first kappa shape index (κ1) is 14.9. The van der Waals surface area contributed by atoms with Crippen molar-refractivity contribution in [1.82, 2.24) is 5.32 Å². The number of carbonyl (C=O) groups excluding carboxylic acids is 1. The van der Waals surface area contributed by atoms with Crippen molar-refractivity contribution < 1.29 is 18.3 Å². The van der Waals surface area contributed by atoms with Gasteiger partial charge in [-0.15, -0.1) is 0 Å². The van der Waals surface area contributed by atoms with Crippen LogP contribution in [0, 0.1) is 11.6 Å². The molecule has 1 aliphatic heterocycles. The Bertz CT molecular complexity index is 502. The first-order valence-electron chi connectivity index (χ1n) is 6.55. The summed E-state index contributed by atoms with van der Waals surface area (Å²) in [5, 5.41) is 2.74. The maximum atomic E-state index is 13.2. The minimum atomic E-state index is -0.953. The maximum absolute atomic E-state index is 13.2. The van der Waals surface area contributed by atoms with Crippen LogP contribution in [-0.4, -0.2) is 24.7 Å². The number of hydrogen-bond donors (Lipinski definition) is 2. The van der Waals surface area contributed by atoms with Crippen LogP contribution in [0.1, 0.15) is 31.4 Å². The molecule has 0 aliphatic carbocycles. The van der Waals surface area contributed by atoms with E-state index in [0.29, 0.717) is 31.6 Å². The first-order valence-corrected chi connectivity index (χ1v) is 6.55. The lowest BCUT2D eigenvalue weighted by atomic mass is 9.90. The average molecular weight is 284 g/mol. The van der Waals surface area contributed by atoms with Gasteiger partial charge in [0.1, 0.15) is 0 Å². The van der Waals surface area contributed by atoms with Crippen molar-refractivity contribution in [2.75, 3.05) is 13.2 Å². The number of nitrogens with two attached hydrogens (primary N) is 1. The summed E-state index contributed by atoms with van der Waals surface area (Å²) >= 11 is 0. The molecule has 110 valence electrons. The standard InChI is InChI=1S/C14H18F2N2O2/c1-9(10-2-3-11(15)12(16)8-10)18-13(19)14(17)4-6-20-7-5-14/h2-3,8-9H,4-7,17H2,1H3,(H,18,19). The zero-order valence-electron chi connectivity index (χ0n) is 11.3. The van der Waals surface area contributed by atoms with Crippen LogP contribution < -0.4 is 11.1 Å². The van der Waals surface area contributed by atoms with Crippen LogP contribution in [0.4, 0.5) is 8.78 Å². The summed E-state index contributed by atoms with van der Waals surface area (Å²) in [6.45, 7) is 2.60. The molecule has 1 fully saturated rings. The molecule has 0 spiro atoms. The second kappa shape index (κ2) is 5.85. The van der Waals surface area contributed by atoms with Gasteiger partial charge in [0.25, 0.3) is 0 Å². The highest BCUT2D eigenvalue weighted by Gasteiger charge is 2.36. The van der Waals surface area contributed by atoms with Crippen LogP contribution >= 0.6 is 0 Å². The molecular weight excluding hydrogens is 266 g/mol. The van der Waals surface area contributed by atoms with E-state index in [-0.39, 0.29) is 5.91 Å². The largest absolute Gasteiger partial charge is 0.381 e. The monoisotopic (exact) mass is 284 g/mol. The van der Waals surface area contributed by atoms with Gasteiger partial charge in [-0.05, 0) is 37.5 Å². The highest BCUT2D eigenvalue weighted by atomic mass is 19.2. The molecule has 3 N–H and O–H groups in total. The molecule has 0 radical (unpaired) electrons. The molecule has 2 rings (SSSR count). The van der Waals surface area contributed by atoms with Crippen molar-refractivity contribution in [1.29, 1.82) is 0 Å². The van der Waals surface area contributed by atoms with Crippen molar-refractivity contribution in [2.24, 2.45) is 5.73 Å². The smallest absolute Gasteiger partial charge is 0.240 e. The second-order valence-corrected chi connectivity index (χ2v) is 5.14. The van der Waals surface area contributed by atoms with Crippen molar-refractivity contribution >= 4 is 5.91 Å². The molecular formula is C14H18F2N2O2. The lowest BCUT2D eigenvalue weighted by Crippen LogP contribution is -2.57. The van der Waals surface area contributed by atoms with Crippen LogP contribution in [0.2, 0.25) is 0 Å². The van der Waals surface area contributed by atoms with Crippen LogP contribution in [-0.2, 0) is 9.53 Å². The van der Waals surface area contributed by atoms with E-state index in [9.17, 15) is 13.6 Å². The van der Waals surface area contributed by atoms with Crippen LogP contribution in [0.25, 0.3) is 0 Å². The zero-order chi connectivity index (χ0) is 14.8.